The Kier molecular flexibility index (Phi) is 2.28. The van der Waals surface area contributed by atoms with E-state index in [1.807, 2.05) is 11.9 Å². The Morgan fingerprint density at radius 1 is 1.46 bits per heavy atom. The second-order valence-electron chi connectivity index (χ2n) is 4.53. The van der Waals surface area contributed by atoms with Crippen molar-refractivity contribution in [2.75, 3.05) is 26.7 Å². The summed E-state index contributed by atoms with van der Waals surface area (Å²) in [5, 5.41) is 3.44. The average Bonchev–Trinajstić information content (AvgIpc) is 2.14. The van der Waals surface area contributed by atoms with E-state index in [9.17, 15) is 4.79 Å². The van der Waals surface area contributed by atoms with Gasteiger partial charge < -0.3 is 10.2 Å². The van der Waals surface area contributed by atoms with Crippen LogP contribution in [-0.4, -0.2) is 37.5 Å². The Hall–Kier alpha value is -0.570. The Balaban J connectivity index is 2.02. The highest BCUT2D eigenvalue weighted by atomic mass is 16.2. The normalized spacial score (nSPS) is 35.5. The van der Waals surface area contributed by atoms with E-state index in [1.165, 1.54) is 12.8 Å². The SMILES string of the molecule is CN1CC2(CCCNC2)CCC1=O. The summed E-state index contributed by atoms with van der Waals surface area (Å²) in [5.41, 5.74) is 0.404. The first-order valence-electron chi connectivity index (χ1n) is 5.17. The van der Waals surface area contributed by atoms with Gasteiger partial charge in [0.1, 0.15) is 0 Å². The minimum absolute atomic E-state index is 0.316. The first kappa shape index (κ1) is 9.00. The minimum atomic E-state index is 0.316. The summed E-state index contributed by atoms with van der Waals surface area (Å²) in [6.45, 7) is 3.21. The highest BCUT2D eigenvalue weighted by Crippen LogP contribution is 2.35. The second-order valence-corrected chi connectivity index (χ2v) is 4.53. The summed E-state index contributed by atoms with van der Waals surface area (Å²) in [6, 6.07) is 0. The molecule has 2 saturated heterocycles. The van der Waals surface area contributed by atoms with E-state index in [4.69, 9.17) is 0 Å². The third-order valence-corrected chi connectivity index (χ3v) is 3.43. The third-order valence-electron chi connectivity index (χ3n) is 3.43. The third kappa shape index (κ3) is 1.70. The van der Waals surface area contributed by atoms with Crippen molar-refractivity contribution >= 4 is 5.91 Å². The van der Waals surface area contributed by atoms with Crippen LogP contribution in [0.15, 0.2) is 0 Å². The number of amides is 1. The molecule has 2 rings (SSSR count). The average molecular weight is 182 g/mol. The van der Waals surface area contributed by atoms with Crippen molar-refractivity contribution in [2.45, 2.75) is 25.7 Å². The first-order valence-corrected chi connectivity index (χ1v) is 5.17. The van der Waals surface area contributed by atoms with E-state index in [0.29, 0.717) is 11.3 Å². The van der Waals surface area contributed by atoms with Gasteiger partial charge in [0, 0.05) is 32.0 Å². The van der Waals surface area contributed by atoms with Gasteiger partial charge in [0.15, 0.2) is 0 Å². The molecular weight excluding hydrogens is 164 g/mol. The summed E-state index contributed by atoms with van der Waals surface area (Å²) in [5.74, 6) is 0.316. The van der Waals surface area contributed by atoms with Crippen LogP contribution in [0.1, 0.15) is 25.7 Å². The van der Waals surface area contributed by atoms with Crippen LogP contribution >= 0.6 is 0 Å². The molecule has 2 aliphatic heterocycles. The Labute approximate surface area is 79.5 Å². The van der Waals surface area contributed by atoms with Gasteiger partial charge in [-0.2, -0.15) is 0 Å². The molecule has 2 heterocycles. The molecule has 2 fully saturated rings. The maximum absolute atomic E-state index is 11.3. The molecule has 2 aliphatic rings. The molecule has 0 bridgehead atoms. The molecule has 0 saturated carbocycles. The van der Waals surface area contributed by atoms with Crippen LogP contribution < -0.4 is 5.32 Å². The molecule has 0 aromatic heterocycles. The van der Waals surface area contributed by atoms with Crippen LogP contribution in [0.25, 0.3) is 0 Å². The fourth-order valence-electron chi connectivity index (χ4n) is 2.61. The Bertz CT molecular complexity index is 209. The predicted molar refractivity (Wildman–Crippen MR) is 51.4 cm³/mol. The van der Waals surface area contributed by atoms with Gasteiger partial charge in [-0.05, 0) is 25.8 Å². The zero-order valence-corrected chi connectivity index (χ0v) is 8.31. The van der Waals surface area contributed by atoms with Crippen LogP contribution in [0.4, 0.5) is 0 Å². The van der Waals surface area contributed by atoms with Gasteiger partial charge >= 0.3 is 0 Å². The van der Waals surface area contributed by atoms with Gasteiger partial charge in [0.2, 0.25) is 5.91 Å². The molecule has 13 heavy (non-hydrogen) atoms. The van der Waals surface area contributed by atoms with E-state index in [-0.39, 0.29) is 0 Å². The number of rotatable bonds is 0. The summed E-state index contributed by atoms with van der Waals surface area (Å²) >= 11 is 0. The van der Waals surface area contributed by atoms with Gasteiger partial charge in [0.25, 0.3) is 0 Å². The lowest BCUT2D eigenvalue weighted by atomic mass is 9.74. The second kappa shape index (κ2) is 3.29. The van der Waals surface area contributed by atoms with Gasteiger partial charge in [-0.1, -0.05) is 0 Å². The van der Waals surface area contributed by atoms with Crippen LogP contribution in [0, 0.1) is 5.41 Å². The fraction of sp³-hybridized carbons (Fsp3) is 0.900. The quantitative estimate of drug-likeness (QED) is 0.595. The number of hydrogen-bond donors (Lipinski definition) is 1. The number of hydrogen-bond acceptors (Lipinski definition) is 2. The molecule has 0 radical (unpaired) electrons. The van der Waals surface area contributed by atoms with E-state index < -0.39 is 0 Å². The molecule has 1 spiro atoms. The van der Waals surface area contributed by atoms with Gasteiger partial charge in [-0.25, -0.2) is 0 Å². The molecular formula is C10H18N2O. The van der Waals surface area contributed by atoms with Crippen LogP contribution in [0.2, 0.25) is 0 Å². The van der Waals surface area contributed by atoms with Crippen molar-refractivity contribution in [2.24, 2.45) is 5.41 Å². The van der Waals surface area contributed by atoms with Gasteiger partial charge in [-0.15, -0.1) is 0 Å². The van der Waals surface area contributed by atoms with Crippen molar-refractivity contribution in [3.05, 3.63) is 0 Å². The number of likely N-dealkylation sites (tertiary alicyclic amines) is 1. The molecule has 1 amide bonds. The highest BCUT2D eigenvalue weighted by molar-refractivity contribution is 5.76. The topological polar surface area (TPSA) is 32.3 Å². The lowest BCUT2D eigenvalue weighted by Crippen LogP contribution is -2.51. The molecule has 3 nitrogen and oxygen atoms in total. The summed E-state index contributed by atoms with van der Waals surface area (Å²) in [6.07, 6.45) is 4.39. The maximum atomic E-state index is 11.3. The zero-order valence-electron chi connectivity index (χ0n) is 8.31. The van der Waals surface area contributed by atoms with Gasteiger partial charge in [-0.3, -0.25) is 4.79 Å². The zero-order chi connectivity index (χ0) is 9.31. The monoisotopic (exact) mass is 182 g/mol. The fourth-order valence-corrected chi connectivity index (χ4v) is 2.61. The number of nitrogens with one attached hydrogen (secondary N) is 1. The van der Waals surface area contributed by atoms with E-state index in [2.05, 4.69) is 5.32 Å². The molecule has 0 aliphatic carbocycles. The standard InChI is InChI=1S/C10H18N2O/c1-12-8-10(5-3-9(12)13)4-2-6-11-7-10/h11H,2-8H2,1H3. The largest absolute Gasteiger partial charge is 0.345 e. The van der Waals surface area contributed by atoms with E-state index >= 15 is 0 Å². The predicted octanol–water partition coefficient (Wildman–Crippen LogP) is 0.608. The van der Waals surface area contributed by atoms with Crippen LogP contribution in [-0.2, 0) is 4.79 Å². The van der Waals surface area contributed by atoms with Crippen molar-refractivity contribution in [1.82, 2.24) is 10.2 Å². The summed E-state index contributed by atoms with van der Waals surface area (Å²) in [4.78, 5) is 13.2. The molecule has 0 aromatic carbocycles. The molecule has 1 unspecified atom stereocenters. The summed E-state index contributed by atoms with van der Waals surface area (Å²) < 4.78 is 0. The maximum Gasteiger partial charge on any atom is 0.222 e. The first-order chi connectivity index (χ1) is 6.22. The van der Waals surface area contributed by atoms with Crippen molar-refractivity contribution in [1.29, 1.82) is 0 Å². The number of carbonyl (C=O) groups is 1. The van der Waals surface area contributed by atoms with E-state index in [0.717, 1.165) is 32.5 Å². The molecule has 3 heteroatoms. The highest BCUT2D eigenvalue weighted by Gasteiger charge is 2.37. The lowest BCUT2D eigenvalue weighted by Gasteiger charge is -2.44. The minimum Gasteiger partial charge on any atom is -0.345 e. The Morgan fingerprint density at radius 2 is 2.31 bits per heavy atom. The van der Waals surface area contributed by atoms with E-state index in [1.54, 1.807) is 0 Å². The van der Waals surface area contributed by atoms with Gasteiger partial charge in [0.05, 0.1) is 0 Å². The van der Waals surface area contributed by atoms with Crippen LogP contribution in [0.5, 0.6) is 0 Å². The summed E-state index contributed by atoms with van der Waals surface area (Å²) in [7, 11) is 1.93. The number of carbonyl (C=O) groups excluding carboxylic acids is 1. The number of nitrogens with zero attached hydrogens (tertiary/aromatic N) is 1. The molecule has 74 valence electrons. The smallest absolute Gasteiger partial charge is 0.222 e. The van der Waals surface area contributed by atoms with Crippen molar-refractivity contribution in [3.8, 4) is 0 Å². The van der Waals surface area contributed by atoms with Crippen LogP contribution in [0.3, 0.4) is 0 Å². The molecule has 0 aromatic rings. The number of piperidine rings is 2. The molecule has 1 atom stereocenters. The molecule has 1 N–H and O–H groups in total. The van der Waals surface area contributed by atoms with Crippen molar-refractivity contribution < 1.29 is 4.79 Å². The lowest BCUT2D eigenvalue weighted by molar-refractivity contribution is -0.136. The van der Waals surface area contributed by atoms with Crippen molar-refractivity contribution in [3.63, 3.8) is 0 Å². The Morgan fingerprint density at radius 3 is 2.92 bits per heavy atom.